The minimum absolute atomic E-state index is 0.0602. The van der Waals surface area contributed by atoms with Crippen LogP contribution in [0.5, 0.6) is 0 Å². The molecule has 146 valence electrons. The molecule has 0 unspecified atom stereocenters. The van der Waals surface area contributed by atoms with Crippen molar-refractivity contribution in [3.63, 3.8) is 0 Å². The van der Waals surface area contributed by atoms with Gasteiger partial charge >= 0.3 is 0 Å². The Labute approximate surface area is 161 Å². The van der Waals surface area contributed by atoms with Gasteiger partial charge in [-0.1, -0.05) is 31.5 Å². The third-order valence-electron chi connectivity index (χ3n) is 5.73. The number of rotatable bonds is 6. The van der Waals surface area contributed by atoms with Gasteiger partial charge in [0.2, 0.25) is 11.8 Å². The topological polar surface area (TPSA) is 45.6 Å². The normalized spacial score (nSPS) is 15.3. The van der Waals surface area contributed by atoms with Gasteiger partial charge < -0.3 is 14.4 Å². The van der Waals surface area contributed by atoms with E-state index in [1.54, 1.807) is 0 Å². The molecule has 5 nitrogen and oxygen atoms in total. The van der Waals surface area contributed by atoms with Crippen molar-refractivity contribution in [3.05, 3.63) is 36.0 Å². The van der Waals surface area contributed by atoms with Gasteiger partial charge in [-0.3, -0.25) is 9.59 Å². The Hall–Kier alpha value is -2.30. The van der Waals surface area contributed by atoms with Crippen LogP contribution in [0, 0.1) is 12.8 Å². The molecular weight excluding hydrogens is 338 g/mol. The van der Waals surface area contributed by atoms with Gasteiger partial charge in [-0.15, -0.1) is 0 Å². The molecule has 0 N–H and O–H groups in total. The van der Waals surface area contributed by atoms with Crippen LogP contribution in [0.25, 0.3) is 10.9 Å². The summed E-state index contributed by atoms with van der Waals surface area (Å²) in [5, 5.41) is 1.17. The Bertz CT molecular complexity index is 803. The molecule has 0 spiro atoms. The zero-order valence-corrected chi connectivity index (χ0v) is 16.8. The molecule has 0 atom stereocenters. The second kappa shape index (κ2) is 8.59. The standard InChI is InChI=1S/C22H31N3O2/c1-4-5-12-23(3)22(27)18-10-13-24(14-11-18)21(26)16-25-17(2)15-19-8-6-7-9-20(19)25/h6-9,15,18H,4-5,10-14,16H2,1-3H3. The molecule has 1 aromatic carbocycles. The highest BCUT2D eigenvalue weighted by atomic mass is 16.2. The number of nitrogens with zero attached hydrogens (tertiary/aromatic N) is 3. The fourth-order valence-corrected chi connectivity index (χ4v) is 3.99. The lowest BCUT2D eigenvalue weighted by atomic mass is 9.95. The van der Waals surface area contributed by atoms with Crippen LogP contribution in [0.3, 0.4) is 0 Å². The van der Waals surface area contributed by atoms with E-state index < -0.39 is 0 Å². The van der Waals surface area contributed by atoms with Gasteiger partial charge in [0, 0.05) is 43.8 Å². The van der Waals surface area contributed by atoms with Crippen LogP contribution >= 0.6 is 0 Å². The van der Waals surface area contributed by atoms with Crippen LogP contribution in [0.15, 0.2) is 30.3 Å². The number of piperidine rings is 1. The van der Waals surface area contributed by atoms with E-state index in [2.05, 4.69) is 29.7 Å². The summed E-state index contributed by atoms with van der Waals surface area (Å²) in [6.45, 7) is 6.73. The van der Waals surface area contributed by atoms with Crippen molar-refractivity contribution in [2.24, 2.45) is 5.92 Å². The number of carbonyl (C=O) groups is 2. The predicted molar refractivity (Wildman–Crippen MR) is 109 cm³/mol. The third-order valence-corrected chi connectivity index (χ3v) is 5.73. The Morgan fingerprint density at radius 2 is 1.89 bits per heavy atom. The number of fused-ring (bicyclic) bond motifs is 1. The summed E-state index contributed by atoms with van der Waals surface area (Å²) < 4.78 is 2.09. The second-order valence-corrected chi connectivity index (χ2v) is 7.70. The van der Waals surface area contributed by atoms with Gasteiger partial charge in [-0.25, -0.2) is 0 Å². The van der Waals surface area contributed by atoms with Gasteiger partial charge in [0.1, 0.15) is 6.54 Å². The fraction of sp³-hybridized carbons (Fsp3) is 0.545. The highest BCUT2D eigenvalue weighted by Crippen LogP contribution is 2.22. The molecule has 1 saturated heterocycles. The van der Waals surface area contributed by atoms with Crippen LogP contribution in [0.2, 0.25) is 0 Å². The van der Waals surface area contributed by atoms with E-state index in [-0.39, 0.29) is 17.7 Å². The molecule has 5 heteroatoms. The van der Waals surface area contributed by atoms with Crippen molar-refractivity contribution >= 4 is 22.7 Å². The minimum atomic E-state index is 0.0602. The molecule has 0 aliphatic carbocycles. The quantitative estimate of drug-likeness (QED) is 0.783. The van der Waals surface area contributed by atoms with Crippen molar-refractivity contribution in [1.29, 1.82) is 0 Å². The summed E-state index contributed by atoms with van der Waals surface area (Å²) in [6.07, 6.45) is 3.68. The number of aryl methyl sites for hydroxylation is 1. The van der Waals surface area contributed by atoms with Crippen molar-refractivity contribution in [1.82, 2.24) is 14.4 Å². The first-order valence-electron chi connectivity index (χ1n) is 10.1. The molecule has 0 saturated carbocycles. The Kier molecular flexibility index (Phi) is 6.19. The van der Waals surface area contributed by atoms with E-state index in [1.807, 2.05) is 35.9 Å². The molecule has 0 radical (unpaired) electrons. The number of benzene rings is 1. The number of para-hydroxylation sites is 1. The first kappa shape index (κ1) is 19.5. The number of hydrogen-bond acceptors (Lipinski definition) is 2. The zero-order chi connectivity index (χ0) is 19.4. The van der Waals surface area contributed by atoms with Crippen molar-refractivity contribution in [2.75, 3.05) is 26.7 Å². The van der Waals surface area contributed by atoms with Gasteiger partial charge in [0.25, 0.3) is 0 Å². The first-order valence-corrected chi connectivity index (χ1v) is 10.1. The van der Waals surface area contributed by atoms with Crippen LogP contribution < -0.4 is 0 Å². The van der Waals surface area contributed by atoms with Crippen LogP contribution in [-0.2, 0) is 16.1 Å². The van der Waals surface area contributed by atoms with E-state index in [9.17, 15) is 9.59 Å². The number of aromatic nitrogens is 1. The lowest BCUT2D eigenvalue weighted by Gasteiger charge is -2.33. The fourth-order valence-electron chi connectivity index (χ4n) is 3.99. The van der Waals surface area contributed by atoms with Crippen molar-refractivity contribution in [2.45, 2.75) is 46.1 Å². The molecule has 0 bridgehead atoms. The highest BCUT2D eigenvalue weighted by Gasteiger charge is 2.29. The largest absolute Gasteiger partial charge is 0.346 e. The van der Waals surface area contributed by atoms with Crippen LogP contribution in [-0.4, -0.2) is 52.9 Å². The SMILES string of the molecule is CCCCN(C)C(=O)C1CCN(C(=O)Cn2c(C)cc3ccccc32)CC1. The Morgan fingerprint density at radius 3 is 2.59 bits per heavy atom. The highest BCUT2D eigenvalue weighted by molar-refractivity contribution is 5.84. The third kappa shape index (κ3) is 4.34. The maximum Gasteiger partial charge on any atom is 0.242 e. The van der Waals surface area contributed by atoms with E-state index >= 15 is 0 Å². The summed E-state index contributed by atoms with van der Waals surface area (Å²) in [5.41, 5.74) is 2.21. The molecule has 1 aromatic heterocycles. The summed E-state index contributed by atoms with van der Waals surface area (Å²) >= 11 is 0. The van der Waals surface area contributed by atoms with Crippen molar-refractivity contribution < 1.29 is 9.59 Å². The average Bonchev–Trinajstić information content (AvgIpc) is 3.01. The maximum absolute atomic E-state index is 12.8. The zero-order valence-electron chi connectivity index (χ0n) is 16.8. The number of amides is 2. The molecule has 3 rings (SSSR count). The molecule has 1 aliphatic heterocycles. The van der Waals surface area contributed by atoms with E-state index in [1.165, 1.54) is 5.39 Å². The van der Waals surface area contributed by atoms with E-state index in [0.717, 1.165) is 43.4 Å². The molecule has 1 fully saturated rings. The van der Waals surface area contributed by atoms with Gasteiger partial charge in [-0.2, -0.15) is 0 Å². The van der Waals surface area contributed by atoms with Crippen LogP contribution in [0.1, 0.15) is 38.3 Å². The molecule has 2 amide bonds. The minimum Gasteiger partial charge on any atom is -0.346 e. The average molecular weight is 370 g/mol. The monoisotopic (exact) mass is 369 g/mol. The number of carbonyl (C=O) groups excluding carboxylic acids is 2. The van der Waals surface area contributed by atoms with Gasteiger partial charge in [-0.05, 0) is 43.7 Å². The van der Waals surface area contributed by atoms with E-state index in [4.69, 9.17) is 0 Å². The molecule has 1 aliphatic rings. The van der Waals surface area contributed by atoms with Gasteiger partial charge in [0.15, 0.2) is 0 Å². The smallest absolute Gasteiger partial charge is 0.242 e. The predicted octanol–water partition coefficient (Wildman–Crippen LogP) is 3.45. The molecule has 27 heavy (non-hydrogen) atoms. The second-order valence-electron chi connectivity index (χ2n) is 7.70. The first-order chi connectivity index (χ1) is 13.0. The summed E-state index contributed by atoms with van der Waals surface area (Å²) in [4.78, 5) is 29.2. The Balaban J connectivity index is 1.57. The van der Waals surface area contributed by atoms with Crippen molar-refractivity contribution in [3.8, 4) is 0 Å². The summed E-state index contributed by atoms with van der Waals surface area (Å²) in [7, 11) is 1.90. The number of likely N-dealkylation sites (tertiary alicyclic amines) is 1. The Morgan fingerprint density at radius 1 is 1.19 bits per heavy atom. The van der Waals surface area contributed by atoms with Crippen LogP contribution in [0.4, 0.5) is 0 Å². The molecular formula is C22H31N3O2. The molecule has 2 heterocycles. The lowest BCUT2D eigenvalue weighted by Crippen LogP contribution is -2.44. The number of hydrogen-bond donors (Lipinski definition) is 0. The summed E-state index contributed by atoms with van der Waals surface area (Å²) in [5.74, 6) is 0.442. The number of unbranched alkanes of at least 4 members (excludes halogenated alkanes) is 1. The lowest BCUT2D eigenvalue weighted by molar-refractivity contribution is -0.140. The summed E-state index contributed by atoms with van der Waals surface area (Å²) in [6, 6.07) is 10.3. The molecule has 2 aromatic rings. The maximum atomic E-state index is 12.8. The van der Waals surface area contributed by atoms with E-state index in [0.29, 0.717) is 19.6 Å². The van der Waals surface area contributed by atoms with Gasteiger partial charge in [0.05, 0.1) is 0 Å².